The standard InChI is InChI=1S/C25H40N4O3/c1-17(15-19-11-8-7-9-12-19)27-21(30)16-20-13-10-14-29(20)24(32)22(25(3,4)5)28-23(31)18(2)26-6/h7-9,11-12,17-18,20,22,26H,10,13-16H2,1-6H3,(H,27,30)(H,28,31). The number of amides is 3. The maximum Gasteiger partial charge on any atom is 0.245 e. The van der Waals surface area contributed by atoms with Crippen molar-refractivity contribution < 1.29 is 14.4 Å². The van der Waals surface area contributed by atoms with Crippen LogP contribution in [0.1, 0.15) is 59.4 Å². The highest BCUT2D eigenvalue weighted by Gasteiger charge is 2.40. The van der Waals surface area contributed by atoms with Gasteiger partial charge in [0, 0.05) is 25.0 Å². The maximum absolute atomic E-state index is 13.5. The Morgan fingerprint density at radius 3 is 2.34 bits per heavy atom. The van der Waals surface area contributed by atoms with Crippen LogP contribution in [0.5, 0.6) is 0 Å². The lowest BCUT2D eigenvalue weighted by Gasteiger charge is -2.36. The Labute approximate surface area is 192 Å². The summed E-state index contributed by atoms with van der Waals surface area (Å²) >= 11 is 0. The van der Waals surface area contributed by atoms with Gasteiger partial charge in [0.05, 0.1) is 6.04 Å². The second-order valence-corrected chi connectivity index (χ2v) is 10.0. The number of nitrogens with one attached hydrogen (secondary N) is 3. The number of benzene rings is 1. The Kier molecular flexibility index (Phi) is 9.25. The number of carbonyl (C=O) groups is 3. The number of likely N-dealkylation sites (N-methyl/N-ethyl adjacent to an activating group) is 1. The Bertz CT molecular complexity index is 775. The predicted molar refractivity (Wildman–Crippen MR) is 127 cm³/mol. The molecule has 1 heterocycles. The van der Waals surface area contributed by atoms with Gasteiger partial charge in [-0.3, -0.25) is 14.4 Å². The van der Waals surface area contributed by atoms with Gasteiger partial charge in [0.2, 0.25) is 17.7 Å². The molecule has 0 radical (unpaired) electrons. The van der Waals surface area contributed by atoms with E-state index < -0.39 is 11.5 Å². The summed E-state index contributed by atoms with van der Waals surface area (Å²) in [6.07, 6.45) is 2.70. The van der Waals surface area contributed by atoms with Gasteiger partial charge in [0.15, 0.2) is 0 Å². The summed E-state index contributed by atoms with van der Waals surface area (Å²) in [4.78, 5) is 40.4. The summed E-state index contributed by atoms with van der Waals surface area (Å²) in [5, 5.41) is 8.91. The van der Waals surface area contributed by atoms with Crippen LogP contribution in [0.25, 0.3) is 0 Å². The molecule has 4 unspecified atom stereocenters. The molecule has 1 aliphatic rings. The number of likely N-dealkylation sites (tertiary alicyclic amines) is 1. The average molecular weight is 445 g/mol. The summed E-state index contributed by atoms with van der Waals surface area (Å²) in [6.45, 7) is 10.2. The highest BCUT2D eigenvalue weighted by Crippen LogP contribution is 2.27. The van der Waals surface area contributed by atoms with Crippen molar-refractivity contribution in [2.45, 2.75) is 84.5 Å². The highest BCUT2D eigenvalue weighted by molar-refractivity contribution is 5.90. The van der Waals surface area contributed by atoms with E-state index in [1.807, 2.05) is 45.9 Å². The molecule has 1 saturated heterocycles. The van der Waals surface area contributed by atoms with E-state index in [0.717, 1.165) is 19.3 Å². The number of hydrogen-bond donors (Lipinski definition) is 3. The fraction of sp³-hybridized carbons (Fsp3) is 0.640. The lowest BCUT2D eigenvalue weighted by Crippen LogP contribution is -2.58. The molecule has 32 heavy (non-hydrogen) atoms. The quantitative estimate of drug-likeness (QED) is 0.545. The zero-order valence-corrected chi connectivity index (χ0v) is 20.4. The van der Waals surface area contributed by atoms with Crippen molar-refractivity contribution in [2.24, 2.45) is 5.41 Å². The van der Waals surface area contributed by atoms with E-state index >= 15 is 0 Å². The molecule has 1 aromatic carbocycles. The van der Waals surface area contributed by atoms with E-state index in [1.54, 1.807) is 18.9 Å². The van der Waals surface area contributed by atoms with E-state index in [1.165, 1.54) is 5.56 Å². The third kappa shape index (κ3) is 7.33. The summed E-state index contributed by atoms with van der Waals surface area (Å²) in [6, 6.07) is 8.90. The largest absolute Gasteiger partial charge is 0.353 e. The molecular formula is C25H40N4O3. The topological polar surface area (TPSA) is 90.5 Å². The molecule has 178 valence electrons. The van der Waals surface area contributed by atoms with Crippen molar-refractivity contribution in [3.05, 3.63) is 35.9 Å². The fourth-order valence-corrected chi connectivity index (χ4v) is 4.12. The minimum atomic E-state index is -0.647. The molecule has 0 aromatic heterocycles. The van der Waals surface area contributed by atoms with Gasteiger partial charge < -0.3 is 20.9 Å². The van der Waals surface area contributed by atoms with Gasteiger partial charge in [-0.05, 0) is 51.1 Å². The second-order valence-electron chi connectivity index (χ2n) is 10.0. The zero-order valence-electron chi connectivity index (χ0n) is 20.4. The van der Waals surface area contributed by atoms with Crippen molar-refractivity contribution in [1.82, 2.24) is 20.9 Å². The van der Waals surface area contributed by atoms with E-state index in [0.29, 0.717) is 6.54 Å². The van der Waals surface area contributed by atoms with Crippen LogP contribution in [0.3, 0.4) is 0 Å². The van der Waals surface area contributed by atoms with Crippen LogP contribution in [0.15, 0.2) is 30.3 Å². The maximum atomic E-state index is 13.5. The number of hydrogen-bond acceptors (Lipinski definition) is 4. The minimum Gasteiger partial charge on any atom is -0.353 e. The van der Waals surface area contributed by atoms with Crippen LogP contribution in [-0.4, -0.2) is 60.4 Å². The lowest BCUT2D eigenvalue weighted by atomic mass is 9.85. The van der Waals surface area contributed by atoms with Gasteiger partial charge in [0.25, 0.3) is 0 Å². The molecule has 0 spiro atoms. The van der Waals surface area contributed by atoms with Crippen molar-refractivity contribution in [3.8, 4) is 0 Å². The van der Waals surface area contributed by atoms with Crippen LogP contribution in [0.2, 0.25) is 0 Å². The number of rotatable bonds is 9. The normalized spacial score (nSPS) is 19.2. The Morgan fingerprint density at radius 2 is 1.75 bits per heavy atom. The molecule has 2 rings (SSSR count). The summed E-state index contributed by atoms with van der Waals surface area (Å²) in [5.41, 5.74) is 0.734. The third-order valence-corrected chi connectivity index (χ3v) is 6.10. The van der Waals surface area contributed by atoms with Gasteiger partial charge in [-0.15, -0.1) is 0 Å². The molecule has 3 N–H and O–H groups in total. The average Bonchev–Trinajstić information content (AvgIpc) is 3.18. The van der Waals surface area contributed by atoms with Crippen LogP contribution in [-0.2, 0) is 20.8 Å². The van der Waals surface area contributed by atoms with Crippen molar-refractivity contribution in [2.75, 3.05) is 13.6 Å². The van der Waals surface area contributed by atoms with Gasteiger partial charge >= 0.3 is 0 Å². The summed E-state index contributed by atoms with van der Waals surface area (Å²) < 4.78 is 0. The summed E-state index contributed by atoms with van der Waals surface area (Å²) in [7, 11) is 1.71. The van der Waals surface area contributed by atoms with Crippen LogP contribution < -0.4 is 16.0 Å². The molecule has 0 aliphatic carbocycles. The monoisotopic (exact) mass is 444 g/mol. The minimum absolute atomic E-state index is 0.0140. The van der Waals surface area contributed by atoms with Crippen LogP contribution in [0, 0.1) is 5.41 Å². The molecule has 7 heteroatoms. The van der Waals surface area contributed by atoms with E-state index in [2.05, 4.69) is 28.1 Å². The van der Waals surface area contributed by atoms with Crippen molar-refractivity contribution in [3.63, 3.8) is 0 Å². The molecule has 1 aromatic rings. The Hall–Kier alpha value is -2.41. The first kappa shape index (κ1) is 25.8. The SMILES string of the molecule is CNC(C)C(=O)NC(C(=O)N1CCCC1CC(=O)NC(C)Cc1ccccc1)C(C)(C)C. The molecule has 3 amide bonds. The smallest absolute Gasteiger partial charge is 0.245 e. The number of carbonyl (C=O) groups excluding carboxylic acids is 3. The van der Waals surface area contributed by atoms with Crippen LogP contribution in [0.4, 0.5) is 0 Å². The van der Waals surface area contributed by atoms with Crippen molar-refractivity contribution in [1.29, 1.82) is 0 Å². The van der Waals surface area contributed by atoms with E-state index in [9.17, 15) is 14.4 Å². The lowest BCUT2D eigenvalue weighted by molar-refractivity contribution is -0.141. The molecular weight excluding hydrogens is 404 g/mol. The van der Waals surface area contributed by atoms with Crippen molar-refractivity contribution >= 4 is 17.7 Å². The van der Waals surface area contributed by atoms with Gasteiger partial charge in [-0.1, -0.05) is 51.1 Å². The molecule has 0 saturated carbocycles. The molecule has 1 fully saturated rings. The first-order valence-corrected chi connectivity index (χ1v) is 11.6. The Balaban J connectivity index is 2.00. The second kappa shape index (κ2) is 11.5. The van der Waals surface area contributed by atoms with Gasteiger partial charge in [-0.2, -0.15) is 0 Å². The predicted octanol–water partition coefficient (Wildman–Crippen LogP) is 2.25. The van der Waals surface area contributed by atoms with Crippen LogP contribution >= 0.6 is 0 Å². The highest BCUT2D eigenvalue weighted by atomic mass is 16.2. The van der Waals surface area contributed by atoms with E-state index in [-0.39, 0.29) is 42.3 Å². The van der Waals surface area contributed by atoms with Gasteiger partial charge in [-0.25, -0.2) is 0 Å². The molecule has 7 nitrogen and oxygen atoms in total. The fourth-order valence-electron chi connectivity index (χ4n) is 4.12. The van der Waals surface area contributed by atoms with Gasteiger partial charge in [0.1, 0.15) is 6.04 Å². The summed E-state index contributed by atoms with van der Waals surface area (Å²) in [5.74, 6) is -0.357. The zero-order chi connectivity index (χ0) is 23.9. The Morgan fingerprint density at radius 1 is 1.09 bits per heavy atom. The first-order chi connectivity index (χ1) is 15.0. The molecule has 4 atom stereocenters. The first-order valence-electron chi connectivity index (χ1n) is 11.6. The van der Waals surface area contributed by atoms with E-state index in [4.69, 9.17) is 0 Å². The molecule has 0 bridgehead atoms. The molecule has 1 aliphatic heterocycles. The third-order valence-electron chi connectivity index (χ3n) is 6.10. The number of nitrogens with zero attached hydrogens (tertiary/aromatic N) is 1.